The van der Waals surface area contributed by atoms with Crippen LogP contribution in [0.1, 0.15) is 34.1 Å². The van der Waals surface area contributed by atoms with E-state index < -0.39 is 16.8 Å². The molecule has 0 amide bonds. The summed E-state index contributed by atoms with van der Waals surface area (Å²) in [6.45, 7) is 7.19. The van der Waals surface area contributed by atoms with Gasteiger partial charge in [-0.3, -0.25) is 9.59 Å². The van der Waals surface area contributed by atoms with Gasteiger partial charge >= 0.3 is 0 Å². The van der Waals surface area contributed by atoms with E-state index in [4.69, 9.17) is 16.3 Å². The first-order valence-corrected chi connectivity index (χ1v) is 5.03. The summed E-state index contributed by atoms with van der Waals surface area (Å²) in [6, 6.07) is 0. The predicted octanol–water partition coefficient (Wildman–Crippen LogP) is 2.16. The fraction of sp³-hybridized carbons (Fsp3) is 0.800. The van der Waals surface area contributed by atoms with Crippen LogP contribution in [0.25, 0.3) is 0 Å². The third-order valence-electron chi connectivity index (χ3n) is 2.09. The molecule has 0 bridgehead atoms. The van der Waals surface area contributed by atoms with Gasteiger partial charge in [-0.2, -0.15) is 0 Å². The molecule has 4 heteroatoms. The third kappa shape index (κ3) is 4.20. The maximum absolute atomic E-state index is 11.4. The molecule has 0 fully saturated rings. The number of halogens is 1. The fourth-order valence-corrected chi connectivity index (χ4v) is 1.02. The van der Waals surface area contributed by atoms with Gasteiger partial charge < -0.3 is 4.74 Å². The van der Waals surface area contributed by atoms with E-state index in [1.54, 1.807) is 27.7 Å². The van der Waals surface area contributed by atoms with Crippen molar-refractivity contribution in [2.45, 2.75) is 40.2 Å². The van der Waals surface area contributed by atoms with Gasteiger partial charge in [0.25, 0.3) is 0 Å². The fourth-order valence-electron chi connectivity index (χ4n) is 0.958. The van der Waals surface area contributed by atoms with Crippen molar-refractivity contribution in [3.63, 3.8) is 0 Å². The van der Waals surface area contributed by atoms with Crippen LogP contribution in [0.3, 0.4) is 0 Å². The lowest BCUT2D eigenvalue weighted by molar-refractivity contribution is -0.134. The largest absolute Gasteiger partial charge is 0.368 e. The normalized spacial score (nSPS) is 13.8. The molecule has 0 rings (SSSR count). The maximum atomic E-state index is 11.4. The molecule has 0 unspecified atom stereocenters. The highest BCUT2D eigenvalue weighted by Gasteiger charge is 2.27. The van der Waals surface area contributed by atoms with Gasteiger partial charge in [0.1, 0.15) is 11.9 Å². The van der Waals surface area contributed by atoms with Crippen molar-refractivity contribution in [2.24, 2.45) is 5.41 Å². The molecule has 0 radical (unpaired) electrons. The lowest BCUT2D eigenvalue weighted by Gasteiger charge is -2.23. The summed E-state index contributed by atoms with van der Waals surface area (Å²) in [7, 11) is 0. The first kappa shape index (κ1) is 13.6. The number of carbonyl (C=O) groups excluding carboxylic acids is 2. The molecule has 0 saturated heterocycles. The summed E-state index contributed by atoms with van der Waals surface area (Å²) in [6.07, 6.45) is -0.180. The Bertz CT molecular complexity index is 223. The molecule has 14 heavy (non-hydrogen) atoms. The number of hydrogen-bond donors (Lipinski definition) is 0. The Morgan fingerprint density at radius 3 is 2.29 bits per heavy atom. The minimum absolute atomic E-state index is 0.117. The number of rotatable bonds is 6. The quantitative estimate of drug-likeness (QED) is 0.645. The van der Waals surface area contributed by atoms with Gasteiger partial charge in [-0.25, -0.2) is 0 Å². The average Bonchev–Trinajstić information content (AvgIpc) is 2.12. The number of Topliss-reactive ketones (excluding diaryl/α,β-unsaturated/α-hetero) is 1. The third-order valence-corrected chi connectivity index (χ3v) is 2.40. The monoisotopic (exact) mass is 220 g/mol. The molecule has 0 N–H and O–H groups in total. The zero-order valence-electron chi connectivity index (χ0n) is 9.09. The van der Waals surface area contributed by atoms with E-state index in [0.717, 1.165) is 0 Å². The van der Waals surface area contributed by atoms with Crippen molar-refractivity contribution < 1.29 is 14.3 Å². The summed E-state index contributed by atoms with van der Waals surface area (Å²) in [5.41, 5.74) is -0.546. The van der Waals surface area contributed by atoms with Gasteiger partial charge in [0.05, 0.1) is 6.61 Å². The van der Waals surface area contributed by atoms with E-state index in [0.29, 0.717) is 6.42 Å². The first-order valence-electron chi connectivity index (χ1n) is 4.65. The molecule has 1 atom stereocenters. The average molecular weight is 221 g/mol. The van der Waals surface area contributed by atoms with Gasteiger partial charge in [-0.1, -0.05) is 20.8 Å². The van der Waals surface area contributed by atoms with Gasteiger partial charge in [-0.15, -0.1) is 0 Å². The number of hydrogen-bond acceptors (Lipinski definition) is 3. The maximum Gasteiger partial charge on any atom is 0.250 e. The summed E-state index contributed by atoms with van der Waals surface area (Å²) >= 11 is 5.22. The molecule has 0 aliphatic rings. The van der Waals surface area contributed by atoms with Crippen LogP contribution in [-0.2, 0) is 14.3 Å². The van der Waals surface area contributed by atoms with Crippen LogP contribution in [0.4, 0.5) is 0 Å². The van der Waals surface area contributed by atoms with Crippen LogP contribution >= 0.6 is 11.6 Å². The second-order valence-electron chi connectivity index (χ2n) is 3.92. The molecule has 0 saturated carbocycles. The molecular formula is C10H17ClO3. The van der Waals surface area contributed by atoms with Gasteiger partial charge in [-0.05, 0) is 18.5 Å². The molecule has 0 aliphatic carbocycles. The Hall–Kier alpha value is -0.410. The molecular weight excluding hydrogens is 204 g/mol. The van der Waals surface area contributed by atoms with Crippen molar-refractivity contribution in [3.8, 4) is 0 Å². The Morgan fingerprint density at radius 1 is 1.43 bits per heavy atom. The highest BCUT2D eigenvalue weighted by Crippen LogP contribution is 2.19. The smallest absolute Gasteiger partial charge is 0.250 e. The molecule has 0 aromatic rings. The van der Waals surface area contributed by atoms with Gasteiger partial charge in [0, 0.05) is 11.8 Å². The van der Waals surface area contributed by atoms with Gasteiger partial charge in [0.15, 0.2) is 0 Å². The number of ketones is 1. The zero-order valence-corrected chi connectivity index (χ0v) is 9.85. The Balaban J connectivity index is 4.11. The molecule has 0 aromatic carbocycles. The van der Waals surface area contributed by atoms with E-state index in [2.05, 4.69) is 0 Å². The summed E-state index contributed by atoms with van der Waals surface area (Å²) in [5, 5.41) is -0.537. The minimum atomic E-state index is -0.652. The Morgan fingerprint density at radius 2 is 1.93 bits per heavy atom. The summed E-state index contributed by atoms with van der Waals surface area (Å²) < 4.78 is 5.19. The van der Waals surface area contributed by atoms with Crippen LogP contribution in [-0.4, -0.2) is 23.7 Å². The molecule has 3 nitrogen and oxygen atoms in total. The van der Waals surface area contributed by atoms with Crippen LogP contribution in [0.15, 0.2) is 0 Å². The van der Waals surface area contributed by atoms with E-state index >= 15 is 0 Å². The van der Waals surface area contributed by atoms with Gasteiger partial charge in [0.2, 0.25) is 5.24 Å². The van der Waals surface area contributed by atoms with Crippen LogP contribution in [0.2, 0.25) is 0 Å². The van der Waals surface area contributed by atoms with Crippen LogP contribution in [0.5, 0.6) is 0 Å². The first-order chi connectivity index (χ1) is 6.31. The van der Waals surface area contributed by atoms with Crippen molar-refractivity contribution in [2.75, 3.05) is 6.61 Å². The predicted molar refractivity (Wildman–Crippen MR) is 55.4 cm³/mol. The summed E-state index contributed by atoms with van der Waals surface area (Å²) in [4.78, 5) is 22.1. The SMILES string of the molecule is CCC(=O)C(C)(C)CO[C@@H](C)C(=O)Cl. The highest BCUT2D eigenvalue weighted by molar-refractivity contribution is 6.64. The summed E-state index contributed by atoms with van der Waals surface area (Å²) in [5.74, 6) is 0.117. The topological polar surface area (TPSA) is 43.4 Å². The van der Waals surface area contributed by atoms with E-state index in [9.17, 15) is 9.59 Å². The number of carbonyl (C=O) groups is 2. The molecule has 82 valence electrons. The van der Waals surface area contributed by atoms with E-state index in [1.165, 1.54) is 0 Å². The lowest BCUT2D eigenvalue weighted by atomic mass is 9.88. The lowest BCUT2D eigenvalue weighted by Crippen LogP contribution is -2.32. The van der Waals surface area contributed by atoms with Crippen LogP contribution in [0, 0.1) is 5.41 Å². The minimum Gasteiger partial charge on any atom is -0.368 e. The second kappa shape index (κ2) is 5.47. The Labute approximate surface area is 89.8 Å². The second-order valence-corrected chi connectivity index (χ2v) is 4.29. The van der Waals surface area contributed by atoms with Crippen molar-refractivity contribution >= 4 is 22.6 Å². The van der Waals surface area contributed by atoms with Crippen molar-refractivity contribution in [1.29, 1.82) is 0 Å². The molecule has 0 spiro atoms. The standard InChI is InChI=1S/C10H17ClO3/c1-5-8(12)10(3,4)6-14-7(2)9(11)13/h7H,5-6H2,1-4H3/t7-/m0/s1. The molecule has 0 heterocycles. The number of ether oxygens (including phenoxy) is 1. The van der Waals surface area contributed by atoms with Crippen molar-refractivity contribution in [1.82, 2.24) is 0 Å². The zero-order chi connectivity index (χ0) is 11.4. The van der Waals surface area contributed by atoms with Crippen LogP contribution < -0.4 is 0 Å². The Kier molecular flexibility index (Phi) is 5.31. The van der Waals surface area contributed by atoms with Crippen molar-refractivity contribution in [3.05, 3.63) is 0 Å². The molecule has 0 aromatic heterocycles. The molecule has 0 aliphatic heterocycles. The van der Waals surface area contributed by atoms with E-state index in [-0.39, 0.29) is 12.4 Å². The van der Waals surface area contributed by atoms with E-state index in [1.807, 2.05) is 0 Å². The highest BCUT2D eigenvalue weighted by atomic mass is 35.5.